The maximum absolute atomic E-state index is 13.1. The van der Waals surface area contributed by atoms with Crippen molar-refractivity contribution in [2.24, 2.45) is 0 Å². The lowest BCUT2D eigenvalue weighted by Crippen LogP contribution is -2.35. The summed E-state index contributed by atoms with van der Waals surface area (Å²) in [5.41, 5.74) is 0.268. The van der Waals surface area contributed by atoms with Gasteiger partial charge < -0.3 is 24.7 Å². The highest BCUT2D eigenvalue weighted by Gasteiger charge is 2.31. The van der Waals surface area contributed by atoms with Gasteiger partial charge in [-0.15, -0.1) is 18.3 Å². The number of hydrogen-bond acceptors (Lipinski definition) is 7. The summed E-state index contributed by atoms with van der Waals surface area (Å²) in [6.07, 6.45) is -2.04. The van der Waals surface area contributed by atoms with Crippen LogP contribution in [0.5, 0.6) is 5.75 Å². The summed E-state index contributed by atoms with van der Waals surface area (Å²) in [6, 6.07) is 8.02. The van der Waals surface area contributed by atoms with Gasteiger partial charge in [0.25, 0.3) is 11.1 Å². The summed E-state index contributed by atoms with van der Waals surface area (Å²) in [5, 5.41) is 10.0. The smallest absolute Gasteiger partial charge is 0.444 e. The van der Waals surface area contributed by atoms with Gasteiger partial charge >= 0.3 is 12.5 Å². The Hall–Kier alpha value is -4.29. The molecule has 1 amide bonds. The summed E-state index contributed by atoms with van der Waals surface area (Å²) < 4.78 is 49.1. The lowest BCUT2D eigenvalue weighted by molar-refractivity contribution is -0.274. The molecule has 0 spiro atoms. The van der Waals surface area contributed by atoms with Gasteiger partial charge in [0.05, 0.1) is 5.69 Å². The van der Waals surface area contributed by atoms with Crippen LogP contribution in [0.4, 0.5) is 29.5 Å². The molecule has 0 fully saturated rings. The van der Waals surface area contributed by atoms with E-state index in [1.54, 1.807) is 39.1 Å². The number of benzene rings is 1. The number of anilines is 2. The van der Waals surface area contributed by atoms with E-state index >= 15 is 0 Å². The average Bonchev–Trinajstić information content (AvgIpc) is 3.32. The number of alkyl halides is 3. The molecule has 2 N–H and O–H groups in total. The van der Waals surface area contributed by atoms with Crippen LogP contribution < -0.4 is 26.5 Å². The predicted octanol–water partition coefficient (Wildman–Crippen LogP) is 4.05. The molecular formula is C26H28F3N5O5. The summed E-state index contributed by atoms with van der Waals surface area (Å²) in [4.78, 5) is 38.1. The van der Waals surface area contributed by atoms with Crippen molar-refractivity contribution in [3.8, 4) is 11.4 Å². The highest BCUT2D eigenvalue weighted by atomic mass is 19.4. The minimum Gasteiger partial charge on any atom is -0.444 e. The van der Waals surface area contributed by atoms with E-state index in [9.17, 15) is 27.6 Å². The number of halogens is 3. The van der Waals surface area contributed by atoms with Crippen molar-refractivity contribution >= 4 is 17.6 Å². The van der Waals surface area contributed by atoms with Crippen LogP contribution in [0.3, 0.4) is 0 Å². The van der Waals surface area contributed by atoms with Crippen LogP contribution in [0.1, 0.15) is 38.3 Å². The first kappa shape index (κ1) is 27.7. The second-order valence-corrected chi connectivity index (χ2v) is 9.89. The number of aromatic nitrogens is 3. The minimum absolute atomic E-state index is 0.158. The Morgan fingerprint density at radius 2 is 1.72 bits per heavy atom. The van der Waals surface area contributed by atoms with Crippen molar-refractivity contribution in [2.75, 3.05) is 11.9 Å². The molecule has 208 valence electrons. The Bertz CT molecular complexity index is 1470. The van der Waals surface area contributed by atoms with E-state index in [1.165, 1.54) is 16.7 Å². The second kappa shape index (κ2) is 10.8. The zero-order chi connectivity index (χ0) is 28.4. The van der Waals surface area contributed by atoms with Crippen molar-refractivity contribution in [3.63, 3.8) is 0 Å². The number of alkyl carbamates (subject to hydrolysis) is 1. The van der Waals surface area contributed by atoms with Crippen LogP contribution in [0.2, 0.25) is 0 Å². The van der Waals surface area contributed by atoms with Crippen molar-refractivity contribution in [1.29, 1.82) is 0 Å². The Kier molecular flexibility index (Phi) is 7.70. The zero-order valence-corrected chi connectivity index (χ0v) is 21.6. The summed E-state index contributed by atoms with van der Waals surface area (Å²) in [5.74, 6) is -0.121. The molecule has 0 saturated carbocycles. The number of nitrogens with zero attached hydrogens (tertiary/aromatic N) is 3. The number of rotatable bonds is 7. The lowest BCUT2D eigenvalue weighted by atomic mass is 10.2. The van der Waals surface area contributed by atoms with Crippen LogP contribution in [-0.2, 0) is 24.1 Å². The average molecular weight is 548 g/mol. The standard InChI is InChI=1S/C26H28F3N5O5/c1-25(2,3)39-24(37)30-13-15-33-14-5-8-20(23(33)36)31-21-18-6-4-7-19(18)22(35)34(32-21)16-9-11-17(12-10-16)38-26(27,28)29/h5,8-12,14H,4,6-7,13,15H2,1-3H3,(H,30,37)(H,31,32). The van der Waals surface area contributed by atoms with Crippen LogP contribution in [-0.4, -0.2) is 38.9 Å². The number of pyridine rings is 1. The molecule has 1 aliphatic rings. The number of carbonyl (C=O) groups is 1. The highest BCUT2D eigenvalue weighted by Crippen LogP contribution is 2.28. The van der Waals surface area contributed by atoms with Crippen LogP contribution in [0.25, 0.3) is 5.69 Å². The molecule has 4 rings (SSSR count). The van der Waals surface area contributed by atoms with Gasteiger partial charge in [0, 0.05) is 30.4 Å². The third-order valence-electron chi connectivity index (χ3n) is 5.76. The van der Waals surface area contributed by atoms with E-state index in [-0.39, 0.29) is 35.6 Å². The highest BCUT2D eigenvalue weighted by molar-refractivity contribution is 5.67. The quantitative estimate of drug-likeness (QED) is 0.459. The zero-order valence-electron chi connectivity index (χ0n) is 21.6. The number of amides is 1. The summed E-state index contributed by atoms with van der Waals surface area (Å²) in [7, 11) is 0. The number of hydrogen-bond donors (Lipinski definition) is 2. The van der Waals surface area contributed by atoms with Gasteiger partial charge in [0.2, 0.25) is 0 Å². The third kappa shape index (κ3) is 6.98. The fourth-order valence-electron chi connectivity index (χ4n) is 4.17. The first-order chi connectivity index (χ1) is 18.3. The van der Waals surface area contributed by atoms with E-state index in [0.717, 1.165) is 23.2 Å². The van der Waals surface area contributed by atoms with Gasteiger partial charge in [-0.25, -0.2) is 4.79 Å². The first-order valence-electron chi connectivity index (χ1n) is 12.3. The third-order valence-corrected chi connectivity index (χ3v) is 5.76. The van der Waals surface area contributed by atoms with E-state index in [2.05, 4.69) is 20.5 Å². The van der Waals surface area contributed by atoms with Crippen molar-refractivity contribution in [1.82, 2.24) is 19.7 Å². The topological polar surface area (TPSA) is 116 Å². The molecule has 13 heteroatoms. The molecule has 2 heterocycles. The molecule has 10 nitrogen and oxygen atoms in total. The van der Waals surface area contributed by atoms with Gasteiger partial charge in [-0.05, 0) is 76.4 Å². The fraction of sp³-hybridized carbons (Fsp3) is 0.385. The largest absolute Gasteiger partial charge is 0.573 e. The molecule has 0 radical (unpaired) electrons. The number of ether oxygens (including phenoxy) is 2. The molecule has 39 heavy (non-hydrogen) atoms. The Labute approximate surface area is 221 Å². The molecule has 1 aliphatic carbocycles. The van der Waals surface area contributed by atoms with Crippen LogP contribution in [0, 0.1) is 0 Å². The summed E-state index contributed by atoms with van der Waals surface area (Å²) >= 11 is 0. The van der Waals surface area contributed by atoms with Gasteiger partial charge in [0.1, 0.15) is 17.0 Å². The molecule has 2 aromatic heterocycles. The van der Waals surface area contributed by atoms with Crippen LogP contribution >= 0.6 is 0 Å². The minimum atomic E-state index is -4.84. The van der Waals surface area contributed by atoms with E-state index in [1.807, 2.05) is 0 Å². The second-order valence-electron chi connectivity index (χ2n) is 9.89. The Morgan fingerprint density at radius 3 is 2.38 bits per heavy atom. The predicted molar refractivity (Wildman–Crippen MR) is 137 cm³/mol. The molecule has 0 bridgehead atoms. The molecule has 0 aliphatic heterocycles. The molecular weight excluding hydrogens is 519 g/mol. The number of fused-ring (bicyclic) bond motifs is 1. The molecule has 0 saturated heterocycles. The summed E-state index contributed by atoms with van der Waals surface area (Å²) in [6.45, 7) is 5.59. The fourth-order valence-corrected chi connectivity index (χ4v) is 4.17. The molecule has 3 aromatic rings. The molecule has 0 atom stereocenters. The Balaban J connectivity index is 1.57. The van der Waals surface area contributed by atoms with Gasteiger partial charge in [-0.3, -0.25) is 9.59 Å². The van der Waals surface area contributed by atoms with Gasteiger partial charge in [0.15, 0.2) is 5.82 Å². The maximum atomic E-state index is 13.1. The van der Waals surface area contributed by atoms with E-state index < -0.39 is 23.8 Å². The SMILES string of the molecule is CC(C)(C)OC(=O)NCCn1cccc(Nc2nn(-c3ccc(OC(F)(F)F)cc3)c(=O)c3c2CCC3)c1=O. The monoisotopic (exact) mass is 547 g/mol. The maximum Gasteiger partial charge on any atom is 0.573 e. The van der Waals surface area contributed by atoms with Crippen molar-refractivity contribution < 1.29 is 27.4 Å². The van der Waals surface area contributed by atoms with Gasteiger partial charge in [-0.1, -0.05) is 0 Å². The number of carbonyl (C=O) groups excluding carboxylic acids is 1. The normalized spacial score (nSPS) is 13.1. The van der Waals surface area contributed by atoms with E-state index in [0.29, 0.717) is 29.8 Å². The Morgan fingerprint density at radius 1 is 1.03 bits per heavy atom. The van der Waals surface area contributed by atoms with Crippen LogP contribution in [0.15, 0.2) is 52.2 Å². The van der Waals surface area contributed by atoms with Crippen molar-refractivity contribution in [3.05, 3.63) is 74.4 Å². The molecule has 0 unspecified atom stereocenters. The lowest BCUT2D eigenvalue weighted by Gasteiger charge is -2.19. The molecule has 1 aromatic carbocycles. The number of nitrogens with one attached hydrogen (secondary N) is 2. The van der Waals surface area contributed by atoms with E-state index in [4.69, 9.17) is 4.74 Å². The van der Waals surface area contributed by atoms with Gasteiger partial charge in [-0.2, -0.15) is 4.68 Å². The van der Waals surface area contributed by atoms with Crippen molar-refractivity contribution in [2.45, 2.75) is 58.5 Å². The first-order valence-corrected chi connectivity index (χ1v) is 12.3.